The van der Waals surface area contributed by atoms with E-state index in [0.717, 1.165) is 0 Å². The smallest absolute Gasteiger partial charge is 0.332 e. The zero-order chi connectivity index (χ0) is 11.2. The number of esters is 1. The highest BCUT2D eigenvalue weighted by Gasteiger charge is 2.16. The third-order valence-corrected chi connectivity index (χ3v) is 1.35. The number of carbonyl (C=O) groups excluding carboxylic acids is 1. The zero-order valence-corrected chi connectivity index (χ0v) is 9.37. The van der Waals surface area contributed by atoms with E-state index in [4.69, 9.17) is 14.6 Å². The van der Waals surface area contributed by atoms with E-state index < -0.39 is 5.60 Å². The Kier molecular flexibility index (Phi) is 5.72. The summed E-state index contributed by atoms with van der Waals surface area (Å²) in [5.41, 5.74) is -0.469. The van der Waals surface area contributed by atoms with Crippen LogP contribution in [0.15, 0.2) is 0 Å². The van der Waals surface area contributed by atoms with Gasteiger partial charge in [-0.2, -0.15) is 0 Å². The van der Waals surface area contributed by atoms with E-state index in [1.807, 2.05) is 6.92 Å². The van der Waals surface area contributed by atoms with Crippen molar-refractivity contribution in [2.45, 2.75) is 33.3 Å². The summed E-state index contributed by atoms with van der Waals surface area (Å²) in [4.78, 5) is 11.1. The van der Waals surface area contributed by atoms with E-state index in [9.17, 15) is 4.79 Å². The fraction of sp³-hybridized carbons (Fsp3) is 0.900. The fourth-order valence-corrected chi connectivity index (χ4v) is 0.767. The molecule has 0 aliphatic rings. The lowest BCUT2D eigenvalue weighted by atomic mass is 10.2. The summed E-state index contributed by atoms with van der Waals surface area (Å²) in [5, 5.41) is 8.69. The summed E-state index contributed by atoms with van der Waals surface area (Å²) in [6.45, 7) is 7.64. The molecule has 0 aliphatic carbocycles. The quantitative estimate of drug-likeness (QED) is 0.678. The third kappa shape index (κ3) is 8.01. The number of carbonyl (C=O) groups is 1. The molecule has 0 aromatic rings. The maximum atomic E-state index is 11.1. The number of hydrogen-bond donors (Lipinski definition) is 1. The Morgan fingerprint density at radius 3 is 2.43 bits per heavy atom. The second-order valence-corrected chi connectivity index (χ2v) is 4.39. The van der Waals surface area contributed by atoms with Gasteiger partial charge in [0.2, 0.25) is 0 Å². The van der Waals surface area contributed by atoms with Crippen molar-refractivity contribution in [3.05, 3.63) is 0 Å². The molecule has 4 heteroatoms. The maximum absolute atomic E-state index is 11.1. The zero-order valence-electron chi connectivity index (χ0n) is 9.37. The molecule has 0 radical (unpaired) electrons. The lowest BCUT2D eigenvalue weighted by Crippen LogP contribution is -2.27. The molecule has 0 aliphatic heterocycles. The van der Waals surface area contributed by atoms with Gasteiger partial charge in [-0.25, -0.2) is 4.79 Å². The molecule has 1 atom stereocenters. The van der Waals surface area contributed by atoms with E-state index in [0.29, 0.717) is 6.61 Å². The molecule has 0 aromatic carbocycles. The number of rotatable bonds is 5. The molecule has 1 N–H and O–H groups in total. The van der Waals surface area contributed by atoms with E-state index in [1.165, 1.54) is 0 Å². The maximum Gasteiger partial charge on any atom is 0.332 e. The van der Waals surface area contributed by atoms with Crippen LogP contribution in [0, 0.1) is 5.92 Å². The van der Waals surface area contributed by atoms with Crippen molar-refractivity contribution in [1.29, 1.82) is 0 Å². The van der Waals surface area contributed by atoms with Crippen molar-refractivity contribution < 1.29 is 19.4 Å². The molecular formula is C10H20O4. The van der Waals surface area contributed by atoms with Gasteiger partial charge in [-0.3, -0.25) is 0 Å². The van der Waals surface area contributed by atoms with Crippen molar-refractivity contribution in [3.63, 3.8) is 0 Å². The molecule has 0 saturated heterocycles. The van der Waals surface area contributed by atoms with Crippen LogP contribution in [0.4, 0.5) is 0 Å². The SMILES string of the molecule is C[C@@H](CO)COCC(=O)OC(C)(C)C. The number of aliphatic hydroxyl groups excluding tert-OH is 1. The highest BCUT2D eigenvalue weighted by Crippen LogP contribution is 2.06. The average molecular weight is 204 g/mol. The molecule has 84 valence electrons. The first kappa shape index (κ1) is 13.4. The van der Waals surface area contributed by atoms with Crippen molar-refractivity contribution in [2.75, 3.05) is 19.8 Å². The highest BCUT2D eigenvalue weighted by molar-refractivity contribution is 5.71. The molecule has 4 nitrogen and oxygen atoms in total. The normalized spacial score (nSPS) is 13.8. The van der Waals surface area contributed by atoms with E-state index >= 15 is 0 Å². The molecule has 0 amide bonds. The minimum Gasteiger partial charge on any atom is -0.458 e. The van der Waals surface area contributed by atoms with Gasteiger partial charge in [0.25, 0.3) is 0 Å². The van der Waals surface area contributed by atoms with Gasteiger partial charge >= 0.3 is 5.97 Å². The van der Waals surface area contributed by atoms with Gasteiger partial charge in [0, 0.05) is 12.5 Å². The van der Waals surface area contributed by atoms with Crippen LogP contribution in [0.3, 0.4) is 0 Å². The molecule has 0 bridgehead atoms. The Labute approximate surface area is 85.2 Å². The molecule has 0 fully saturated rings. The summed E-state index contributed by atoms with van der Waals surface area (Å²) < 4.78 is 10.1. The van der Waals surface area contributed by atoms with E-state index in [2.05, 4.69) is 0 Å². The van der Waals surface area contributed by atoms with Crippen molar-refractivity contribution in [1.82, 2.24) is 0 Å². The van der Waals surface area contributed by atoms with Crippen molar-refractivity contribution in [3.8, 4) is 0 Å². The minimum absolute atomic E-state index is 0.0532. The summed E-state index contributed by atoms with van der Waals surface area (Å²) in [7, 11) is 0. The first-order valence-corrected chi connectivity index (χ1v) is 4.75. The molecule has 0 aromatic heterocycles. The molecule has 0 rings (SSSR count). The minimum atomic E-state index is -0.469. The van der Waals surface area contributed by atoms with Gasteiger partial charge in [0.1, 0.15) is 12.2 Å². The van der Waals surface area contributed by atoms with Crippen LogP contribution in [0.2, 0.25) is 0 Å². The van der Waals surface area contributed by atoms with Crippen LogP contribution in [-0.4, -0.2) is 36.5 Å². The average Bonchev–Trinajstić information content (AvgIpc) is 2.00. The summed E-state index contributed by atoms with van der Waals surface area (Å²) in [5.74, 6) is -0.319. The molecule has 14 heavy (non-hydrogen) atoms. The predicted molar refractivity (Wildman–Crippen MR) is 52.9 cm³/mol. The van der Waals surface area contributed by atoms with Crippen LogP contribution in [0.5, 0.6) is 0 Å². The molecule has 0 heterocycles. The second kappa shape index (κ2) is 5.98. The largest absolute Gasteiger partial charge is 0.458 e. The third-order valence-electron chi connectivity index (χ3n) is 1.35. The second-order valence-electron chi connectivity index (χ2n) is 4.39. The lowest BCUT2D eigenvalue weighted by molar-refractivity contribution is -0.160. The van der Waals surface area contributed by atoms with Crippen molar-refractivity contribution in [2.24, 2.45) is 5.92 Å². The Morgan fingerprint density at radius 1 is 1.43 bits per heavy atom. The predicted octanol–water partition coefficient (Wildman–Crippen LogP) is 0.973. The fourth-order valence-electron chi connectivity index (χ4n) is 0.767. The summed E-state index contributed by atoms with van der Waals surface area (Å²) >= 11 is 0. The molecule has 0 unspecified atom stereocenters. The Hall–Kier alpha value is -0.610. The van der Waals surface area contributed by atoms with Crippen LogP contribution in [0.25, 0.3) is 0 Å². The Bertz CT molecular complexity index is 171. The van der Waals surface area contributed by atoms with Crippen LogP contribution in [-0.2, 0) is 14.3 Å². The lowest BCUT2D eigenvalue weighted by Gasteiger charge is -2.19. The van der Waals surface area contributed by atoms with E-state index in [-0.39, 0.29) is 25.1 Å². The van der Waals surface area contributed by atoms with Gasteiger partial charge in [0.05, 0.1) is 6.61 Å². The summed E-state index contributed by atoms with van der Waals surface area (Å²) in [6, 6.07) is 0. The van der Waals surface area contributed by atoms with Gasteiger partial charge in [0.15, 0.2) is 0 Å². The van der Waals surface area contributed by atoms with Gasteiger partial charge < -0.3 is 14.6 Å². The monoisotopic (exact) mass is 204 g/mol. The van der Waals surface area contributed by atoms with Gasteiger partial charge in [-0.15, -0.1) is 0 Å². The Balaban J connectivity index is 3.55. The van der Waals surface area contributed by atoms with Crippen LogP contribution in [0.1, 0.15) is 27.7 Å². The summed E-state index contributed by atoms with van der Waals surface area (Å²) in [6.07, 6.45) is 0. The first-order chi connectivity index (χ1) is 6.35. The Morgan fingerprint density at radius 2 is 2.00 bits per heavy atom. The standard InChI is InChI=1S/C10H20O4/c1-8(5-11)6-13-7-9(12)14-10(2,3)4/h8,11H,5-7H2,1-4H3/t8-/m0/s1. The van der Waals surface area contributed by atoms with E-state index in [1.54, 1.807) is 20.8 Å². The molecular weight excluding hydrogens is 184 g/mol. The van der Waals surface area contributed by atoms with Gasteiger partial charge in [-0.05, 0) is 20.8 Å². The molecule has 0 spiro atoms. The highest BCUT2D eigenvalue weighted by atomic mass is 16.6. The molecule has 0 saturated carbocycles. The number of ether oxygens (including phenoxy) is 2. The van der Waals surface area contributed by atoms with Crippen LogP contribution < -0.4 is 0 Å². The topological polar surface area (TPSA) is 55.8 Å². The number of hydrogen-bond acceptors (Lipinski definition) is 4. The van der Waals surface area contributed by atoms with Crippen molar-refractivity contribution >= 4 is 5.97 Å². The van der Waals surface area contributed by atoms with Gasteiger partial charge in [-0.1, -0.05) is 6.92 Å². The number of aliphatic hydroxyl groups is 1. The first-order valence-electron chi connectivity index (χ1n) is 4.75. The van der Waals surface area contributed by atoms with Crippen LogP contribution >= 0.6 is 0 Å².